The summed E-state index contributed by atoms with van der Waals surface area (Å²) >= 11 is 0. The lowest BCUT2D eigenvalue weighted by atomic mass is 9.94. The average Bonchev–Trinajstić information content (AvgIpc) is 2.58. The zero-order valence-electron chi connectivity index (χ0n) is 9.66. The summed E-state index contributed by atoms with van der Waals surface area (Å²) in [6, 6.07) is 6.67. The minimum Gasteiger partial charge on any atom is -0.393 e. The van der Waals surface area contributed by atoms with E-state index in [1.807, 2.05) is 0 Å². The maximum atomic E-state index is 9.50. The summed E-state index contributed by atoms with van der Waals surface area (Å²) < 4.78 is 0. The highest BCUT2D eigenvalue weighted by Crippen LogP contribution is 2.29. The van der Waals surface area contributed by atoms with Gasteiger partial charge in [0.1, 0.15) is 0 Å². The summed E-state index contributed by atoms with van der Waals surface area (Å²) in [6.45, 7) is 4.33. The molecule has 82 valence electrons. The van der Waals surface area contributed by atoms with Crippen molar-refractivity contribution in [2.45, 2.75) is 45.6 Å². The van der Waals surface area contributed by atoms with Gasteiger partial charge in [-0.1, -0.05) is 23.8 Å². The highest BCUT2D eigenvalue weighted by atomic mass is 16.3. The Balaban J connectivity index is 2.07. The number of benzene rings is 1. The normalized spacial score (nSPS) is 25.8. The van der Waals surface area contributed by atoms with E-state index in [1.165, 1.54) is 23.1 Å². The zero-order valence-corrected chi connectivity index (χ0v) is 9.66. The molecule has 0 aliphatic heterocycles. The van der Waals surface area contributed by atoms with Gasteiger partial charge in [0.2, 0.25) is 0 Å². The molecule has 0 heterocycles. The summed E-state index contributed by atoms with van der Waals surface area (Å²) in [5, 5.41) is 9.50. The molecule has 1 heteroatoms. The highest BCUT2D eigenvalue weighted by molar-refractivity contribution is 5.30. The van der Waals surface area contributed by atoms with E-state index in [0.717, 1.165) is 19.3 Å². The number of aliphatic hydroxyl groups excluding tert-OH is 1. The Morgan fingerprint density at radius 1 is 1.27 bits per heavy atom. The predicted molar refractivity (Wildman–Crippen MR) is 63.0 cm³/mol. The Morgan fingerprint density at radius 3 is 2.73 bits per heavy atom. The van der Waals surface area contributed by atoms with Crippen molar-refractivity contribution in [1.29, 1.82) is 0 Å². The van der Waals surface area contributed by atoms with E-state index >= 15 is 0 Å². The highest BCUT2D eigenvalue weighted by Gasteiger charge is 2.23. The number of aryl methyl sites for hydroxylation is 2. The van der Waals surface area contributed by atoms with Crippen LogP contribution in [0.2, 0.25) is 0 Å². The molecule has 1 fully saturated rings. The van der Waals surface area contributed by atoms with Crippen molar-refractivity contribution in [3.05, 3.63) is 34.9 Å². The molecule has 1 aromatic rings. The van der Waals surface area contributed by atoms with E-state index in [1.54, 1.807) is 0 Å². The summed E-state index contributed by atoms with van der Waals surface area (Å²) in [6.07, 6.45) is 4.28. The summed E-state index contributed by atoms with van der Waals surface area (Å²) in [4.78, 5) is 0. The van der Waals surface area contributed by atoms with Gasteiger partial charge in [-0.15, -0.1) is 0 Å². The van der Waals surface area contributed by atoms with Gasteiger partial charge in [-0.25, -0.2) is 0 Å². The molecule has 1 saturated carbocycles. The molecule has 1 N–H and O–H groups in total. The van der Waals surface area contributed by atoms with Crippen molar-refractivity contribution in [1.82, 2.24) is 0 Å². The quantitative estimate of drug-likeness (QED) is 0.785. The van der Waals surface area contributed by atoms with Crippen molar-refractivity contribution in [3.63, 3.8) is 0 Å². The lowest BCUT2D eigenvalue weighted by Gasteiger charge is -2.12. The van der Waals surface area contributed by atoms with Crippen LogP contribution in [0.4, 0.5) is 0 Å². The molecule has 0 aromatic heterocycles. The molecular formula is C14H20O. The summed E-state index contributed by atoms with van der Waals surface area (Å²) in [5.41, 5.74) is 4.20. The topological polar surface area (TPSA) is 20.2 Å². The molecule has 2 unspecified atom stereocenters. The monoisotopic (exact) mass is 204 g/mol. The minimum atomic E-state index is -0.0416. The third kappa shape index (κ3) is 2.60. The van der Waals surface area contributed by atoms with E-state index in [2.05, 4.69) is 32.0 Å². The van der Waals surface area contributed by atoms with E-state index in [9.17, 15) is 5.11 Å². The molecule has 0 bridgehead atoms. The summed E-state index contributed by atoms with van der Waals surface area (Å²) in [5.74, 6) is 0.695. The van der Waals surface area contributed by atoms with Crippen LogP contribution in [0.1, 0.15) is 36.0 Å². The number of rotatable bonds is 2. The molecular weight excluding hydrogens is 184 g/mol. The first-order valence-corrected chi connectivity index (χ1v) is 5.89. The van der Waals surface area contributed by atoms with Gasteiger partial charge in [-0.3, -0.25) is 0 Å². The van der Waals surface area contributed by atoms with Crippen LogP contribution in [0, 0.1) is 19.8 Å². The van der Waals surface area contributed by atoms with Gasteiger partial charge in [0, 0.05) is 0 Å². The molecule has 2 atom stereocenters. The average molecular weight is 204 g/mol. The maximum Gasteiger partial charge on any atom is 0.0543 e. The minimum absolute atomic E-state index is 0.0416. The lowest BCUT2D eigenvalue weighted by Crippen LogP contribution is -2.04. The van der Waals surface area contributed by atoms with Gasteiger partial charge in [0.05, 0.1) is 6.10 Å². The Bertz CT molecular complexity index is 343. The van der Waals surface area contributed by atoms with Gasteiger partial charge in [-0.05, 0) is 56.6 Å². The number of hydrogen-bond acceptors (Lipinski definition) is 1. The Morgan fingerprint density at radius 2 is 2.07 bits per heavy atom. The molecule has 0 radical (unpaired) electrons. The van der Waals surface area contributed by atoms with Gasteiger partial charge in [0.25, 0.3) is 0 Å². The Hall–Kier alpha value is -0.820. The maximum absolute atomic E-state index is 9.50. The second-order valence-corrected chi connectivity index (χ2v) is 4.97. The van der Waals surface area contributed by atoms with E-state index in [0.29, 0.717) is 5.92 Å². The Labute approximate surface area is 92.1 Å². The first-order chi connectivity index (χ1) is 7.15. The fourth-order valence-electron chi connectivity index (χ4n) is 2.57. The predicted octanol–water partition coefficient (Wildman–Crippen LogP) is 3.01. The van der Waals surface area contributed by atoms with Crippen molar-refractivity contribution in [2.75, 3.05) is 0 Å². The first-order valence-electron chi connectivity index (χ1n) is 5.89. The first kappa shape index (κ1) is 10.7. The second kappa shape index (κ2) is 4.36. The van der Waals surface area contributed by atoms with Crippen LogP contribution < -0.4 is 0 Å². The van der Waals surface area contributed by atoms with Crippen LogP contribution in [-0.4, -0.2) is 11.2 Å². The smallest absolute Gasteiger partial charge is 0.0543 e. The van der Waals surface area contributed by atoms with Crippen LogP contribution >= 0.6 is 0 Å². The molecule has 15 heavy (non-hydrogen) atoms. The fourth-order valence-corrected chi connectivity index (χ4v) is 2.57. The third-order valence-corrected chi connectivity index (χ3v) is 3.53. The molecule has 1 aliphatic carbocycles. The van der Waals surface area contributed by atoms with Crippen molar-refractivity contribution in [3.8, 4) is 0 Å². The molecule has 0 saturated heterocycles. The van der Waals surface area contributed by atoms with E-state index < -0.39 is 0 Å². The molecule has 0 amide bonds. The molecule has 1 aliphatic rings. The largest absolute Gasteiger partial charge is 0.393 e. The van der Waals surface area contributed by atoms with Crippen molar-refractivity contribution < 1.29 is 5.11 Å². The zero-order chi connectivity index (χ0) is 10.8. The van der Waals surface area contributed by atoms with Gasteiger partial charge in [-0.2, -0.15) is 0 Å². The SMILES string of the molecule is Cc1ccc(C)c(CC2CCC(O)C2)c1. The van der Waals surface area contributed by atoms with Crippen LogP contribution in [-0.2, 0) is 6.42 Å². The molecule has 0 spiro atoms. The van der Waals surface area contributed by atoms with Crippen molar-refractivity contribution >= 4 is 0 Å². The lowest BCUT2D eigenvalue weighted by molar-refractivity contribution is 0.177. The van der Waals surface area contributed by atoms with Crippen LogP contribution in [0.25, 0.3) is 0 Å². The standard InChI is InChI=1S/C14H20O/c1-10-3-4-11(2)13(7-10)8-12-5-6-14(15)9-12/h3-4,7,12,14-15H,5-6,8-9H2,1-2H3. The van der Waals surface area contributed by atoms with E-state index in [4.69, 9.17) is 0 Å². The second-order valence-electron chi connectivity index (χ2n) is 4.97. The van der Waals surface area contributed by atoms with Gasteiger partial charge >= 0.3 is 0 Å². The fraction of sp³-hybridized carbons (Fsp3) is 0.571. The van der Waals surface area contributed by atoms with Crippen LogP contribution in [0.15, 0.2) is 18.2 Å². The van der Waals surface area contributed by atoms with Crippen LogP contribution in [0.5, 0.6) is 0 Å². The Kier molecular flexibility index (Phi) is 3.11. The number of hydrogen-bond donors (Lipinski definition) is 1. The number of aliphatic hydroxyl groups is 1. The molecule has 1 nitrogen and oxygen atoms in total. The summed E-state index contributed by atoms with van der Waals surface area (Å²) in [7, 11) is 0. The molecule has 2 rings (SSSR count). The van der Waals surface area contributed by atoms with E-state index in [-0.39, 0.29) is 6.10 Å². The third-order valence-electron chi connectivity index (χ3n) is 3.53. The van der Waals surface area contributed by atoms with Crippen molar-refractivity contribution in [2.24, 2.45) is 5.92 Å². The van der Waals surface area contributed by atoms with Gasteiger partial charge in [0.15, 0.2) is 0 Å². The van der Waals surface area contributed by atoms with Gasteiger partial charge < -0.3 is 5.11 Å². The van der Waals surface area contributed by atoms with Crippen LogP contribution in [0.3, 0.4) is 0 Å². The molecule has 1 aromatic carbocycles.